The van der Waals surface area contributed by atoms with Crippen LogP contribution in [-0.4, -0.2) is 25.0 Å². The molecule has 1 aliphatic rings. The van der Waals surface area contributed by atoms with Crippen LogP contribution >= 0.6 is 24.2 Å². The minimum Gasteiger partial charge on any atom is -0.353 e. The second-order valence-corrected chi connectivity index (χ2v) is 7.08. The SMILES string of the molecule is Cl.O=C(NCC1CCCN1)C(Sc1ccc(F)cc1)c1ccccc1. The molecule has 0 aliphatic carbocycles. The molecule has 6 heteroatoms. The molecule has 0 radical (unpaired) electrons. The van der Waals surface area contributed by atoms with Gasteiger partial charge in [-0.05, 0) is 49.2 Å². The smallest absolute Gasteiger partial charge is 0.238 e. The standard InChI is InChI=1S/C19H21FN2OS.ClH/c20-15-8-10-17(11-9-15)24-18(14-5-2-1-3-6-14)19(23)22-13-16-7-4-12-21-16;/h1-3,5-6,8-11,16,18,21H,4,7,12-13H2,(H,22,23);1H. The first kappa shape index (κ1) is 19.8. The van der Waals surface area contributed by atoms with Crippen molar-refractivity contribution in [1.29, 1.82) is 0 Å². The van der Waals surface area contributed by atoms with Crippen molar-refractivity contribution in [2.24, 2.45) is 0 Å². The highest BCUT2D eigenvalue weighted by Gasteiger charge is 2.23. The molecule has 134 valence electrons. The number of halogens is 2. The fraction of sp³-hybridized carbons (Fsp3) is 0.316. The van der Waals surface area contributed by atoms with Crippen molar-refractivity contribution in [2.75, 3.05) is 13.1 Å². The van der Waals surface area contributed by atoms with Crippen LogP contribution in [0.4, 0.5) is 4.39 Å². The highest BCUT2D eigenvalue weighted by atomic mass is 35.5. The van der Waals surface area contributed by atoms with Crippen LogP contribution in [-0.2, 0) is 4.79 Å². The molecule has 1 amide bonds. The number of amides is 1. The molecule has 2 N–H and O–H groups in total. The molecule has 1 fully saturated rings. The van der Waals surface area contributed by atoms with E-state index in [-0.39, 0.29) is 29.4 Å². The van der Waals surface area contributed by atoms with E-state index in [1.54, 1.807) is 12.1 Å². The Bertz CT molecular complexity index is 663. The molecule has 1 saturated heterocycles. The Morgan fingerprint density at radius 1 is 1.20 bits per heavy atom. The maximum atomic E-state index is 13.1. The second-order valence-electron chi connectivity index (χ2n) is 5.90. The van der Waals surface area contributed by atoms with Crippen molar-refractivity contribution in [2.45, 2.75) is 29.0 Å². The molecule has 3 nitrogen and oxygen atoms in total. The molecule has 0 saturated carbocycles. The lowest BCUT2D eigenvalue weighted by Crippen LogP contribution is -2.38. The summed E-state index contributed by atoms with van der Waals surface area (Å²) < 4.78 is 13.1. The van der Waals surface area contributed by atoms with Crippen LogP contribution in [0.1, 0.15) is 23.7 Å². The van der Waals surface area contributed by atoms with Crippen molar-refractivity contribution >= 4 is 30.1 Å². The number of carbonyl (C=O) groups excluding carboxylic acids is 1. The quantitative estimate of drug-likeness (QED) is 0.745. The van der Waals surface area contributed by atoms with Crippen molar-refractivity contribution < 1.29 is 9.18 Å². The van der Waals surface area contributed by atoms with Crippen LogP contribution in [0.2, 0.25) is 0 Å². The van der Waals surface area contributed by atoms with E-state index in [2.05, 4.69) is 10.6 Å². The number of hydrogen-bond acceptors (Lipinski definition) is 3. The number of hydrogen-bond donors (Lipinski definition) is 2. The zero-order valence-corrected chi connectivity index (χ0v) is 15.4. The molecule has 1 heterocycles. The van der Waals surface area contributed by atoms with E-state index >= 15 is 0 Å². The van der Waals surface area contributed by atoms with E-state index < -0.39 is 0 Å². The number of nitrogens with one attached hydrogen (secondary N) is 2. The largest absolute Gasteiger partial charge is 0.353 e. The van der Waals surface area contributed by atoms with E-state index in [0.717, 1.165) is 29.8 Å². The minimum absolute atomic E-state index is 0. The maximum Gasteiger partial charge on any atom is 0.238 e. The number of thioether (sulfide) groups is 1. The first-order chi connectivity index (χ1) is 11.7. The Balaban J connectivity index is 0.00000225. The highest BCUT2D eigenvalue weighted by Crippen LogP contribution is 2.35. The van der Waals surface area contributed by atoms with Gasteiger partial charge >= 0.3 is 0 Å². The predicted octanol–water partition coefficient (Wildman–Crippen LogP) is 3.95. The van der Waals surface area contributed by atoms with Crippen LogP contribution < -0.4 is 10.6 Å². The van der Waals surface area contributed by atoms with Crippen LogP contribution in [0.15, 0.2) is 59.5 Å². The molecule has 1 aliphatic heterocycles. The van der Waals surface area contributed by atoms with Gasteiger partial charge in [0.2, 0.25) is 5.91 Å². The Labute approximate surface area is 158 Å². The molecular formula is C19H22ClFN2OS. The van der Waals surface area contributed by atoms with E-state index in [0.29, 0.717) is 12.6 Å². The summed E-state index contributed by atoms with van der Waals surface area (Å²) >= 11 is 1.44. The van der Waals surface area contributed by atoms with Crippen LogP contribution in [0.5, 0.6) is 0 Å². The summed E-state index contributed by atoms with van der Waals surface area (Å²) in [6.45, 7) is 1.67. The monoisotopic (exact) mass is 380 g/mol. The molecule has 0 aromatic heterocycles. The molecule has 2 unspecified atom stereocenters. The van der Waals surface area contributed by atoms with E-state index in [4.69, 9.17) is 0 Å². The third-order valence-electron chi connectivity index (χ3n) is 4.09. The highest BCUT2D eigenvalue weighted by molar-refractivity contribution is 8.00. The Morgan fingerprint density at radius 2 is 1.92 bits per heavy atom. The van der Waals surface area contributed by atoms with Gasteiger partial charge < -0.3 is 10.6 Å². The normalized spacial score (nSPS) is 17.6. The Morgan fingerprint density at radius 3 is 2.56 bits per heavy atom. The summed E-state index contributed by atoms with van der Waals surface area (Å²) in [5.74, 6) is -0.281. The zero-order chi connectivity index (χ0) is 16.8. The lowest BCUT2D eigenvalue weighted by molar-refractivity contribution is -0.120. The second kappa shape index (κ2) is 9.80. The van der Waals surface area contributed by atoms with E-state index in [1.165, 1.54) is 23.9 Å². The van der Waals surface area contributed by atoms with Gasteiger partial charge in [0.05, 0.1) is 0 Å². The first-order valence-electron chi connectivity index (χ1n) is 8.20. The zero-order valence-electron chi connectivity index (χ0n) is 13.8. The average molecular weight is 381 g/mol. The van der Waals surface area contributed by atoms with Gasteiger partial charge in [0.15, 0.2) is 0 Å². The third-order valence-corrected chi connectivity index (χ3v) is 5.36. The minimum atomic E-state index is -0.349. The van der Waals surface area contributed by atoms with Crippen LogP contribution in [0.25, 0.3) is 0 Å². The van der Waals surface area contributed by atoms with Crippen molar-refractivity contribution in [1.82, 2.24) is 10.6 Å². The summed E-state index contributed by atoms with van der Waals surface area (Å²) in [6.07, 6.45) is 2.26. The van der Waals surface area contributed by atoms with Gasteiger partial charge in [-0.3, -0.25) is 4.79 Å². The summed E-state index contributed by atoms with van der Waals surface area (Å²) in [5, 5.41) is 6.09. The number of carbonyl (C=O) groups is 1. The molecule has 0 spiro atoms. The van der Waals surface area contributed by atoms with Gasteiger partial charge in [-0.1, -0.05) is 30.3 Å². The van der Waals surface area contributed by atoms with E-state index in [9.17, 15) is 9.18 Å². The van der Waals surface area contributed by atoms with Crippen molar-refractivity contribution in [3.8, 4) is 0 Å². The molecular weight excluding hydrogens is 359 g/mol. The average Bonchev–Trinajstić information content (AvgIpc) is 3.13. The lowest BCUT2D eigenvalue weighted by Gasteiger charge is -2.19. The molecule has 25 heavy (non-hydrogen) atoms. The summed E-state index contributed by atoms with van der Waals surface area (Å²) in [4.78, 5) is 13.6. The van der Waals surface area contributed by atoms with Gasteiger partial charge in [-0.15, -0.1) is 24.2 Å². The molecule has 3 rings (SSSR count). The number of rotatable bonds is 6. The molecule has 2 aromatic carbocycles. The fourth-order valence-corrected chi connectivity index (χ4v) is 3.85. The fourth-order valence-electron chi connectivity index (χ4n) is 2.80. The summed E-state index contributed by atoms with van der Waals surface area (Å²) in [6, 6.07) is 16.3. The van der Waals surface area contributed by atoms with Crippen LogP contribution in [0.3, 0.4) is 0 Å². The topological polar surface area (TPSA) is 41.1 Å². The summed E-state index contributed by atoms with van der Waals surface area (Å²) in [7, 11) is 0. The first-order valence-corrected chi connectivity index (χ1v) is 9.08. The predicted molar refractivity (Wildman–Crippen MR) is 103 cm³/mol. The van der Waals surface area contributed by atoms with Gasteiger partial charge in [0.25, 0.3) is 0 Å². The van der Waals surface area contributed by atoms with Gasteiger partial charge in [0.1, 0.15) is 11.1 Å². The Kier molecular flexibility index (Phi) is 7.75. The molecule has 2 atom stereocenters. The van der Waals surface area contributed by atoms with Gasteiger partial charge in [-0.25, -0.2) is 4.39 Å². The van der Waals surface area contributed by atoms with Crippen molar-refractivity contribution in [3.05, 3.63) is 66.0 Å². The van der Waals surface area contributed by atoms with Crippen LogP contribution in [0, 0.1) is 5.82 Å². The molecule has 2 aromatic rings. The lowest BCUT2D eigenvalue weighted by atomic mass is 10.1. The van der Waals surface area contributed by atoms with Gasteiger partial charge in [0, 0.05) is 17.5 Å². The number of benzene rings is 2. The van der Waals surface area contributed by atoms with E-state index in [1.807, 2.05) is 30.3 Å². The molecule has 0 bridgehead atoms. The maximum absolute atomic E-state index is 13.1. The summed E-state index contributed by atoms with van der Waals surface area (Å²) in [5.41, 5.74) is 0.948. The Hall–Kier alpha value is -1.56. The van der Waals surface area contributed by atoms with Crippen molar-refractivity contribution in [3.63, 3.8) is 0 Å². The van der Waals surface area contributed by atoms with Gasteiger partial charge in [-0.2, -0.15) is 0 Å². The third kappa shape index (κ3) is 5.73.